The highest BCUT2D eigenvalue weighted by atomic mass is 19.4. The maximum Gasteiger partial charge on any atom is 0.416 e. The first-order valence-electron chi connectivity index (χ1n) is 14.1. The molecular weight excluding hydrogens is 529 g/mol. The summed E-state index contributed by atoms with van der Waals surface area (Å²) in [7, 11) is 0. The highest BCUT2D eigenvalue weighted by Gasteiger charge is 2.30. The number of ketones is 1. The van der Waals surface area contributed by atoms with Crippen molar-refractivity contribution in [1.82, 2.24) is 9.88 Å². The summed E-state index contributed by atoms with van der Waals surface area (Å²) in [5.74, 6) is 0.869. The van der Waals surface area contributed by atoms with Gasteiger partial charge >= 0.3 is 6.18 Å². The molecule has 0 saturated carbocycles. The van der Waals surface area contributed by atoms with Gasteiger partial charge in [-0.15, -0.1) is 0 Å². The smallest absolute Gasteiger partial charge is 0.416 e. The molecule has 0 N–H and O–H groups in total. The van der Waals surface area contributed by atoms with Gasteiger partial charge in [-0.1, -0.05) is 12.1 Å². The van der Waals surface area contributed by atoms with Crippen LogP contribution in [-0.2, 0) is 12.7 Å². The van der Waals surface area contributed by atoms with Crippen LogP contribution in [0.3, 0.4) is 0 Å². The lowest BCUT2D eigenvalue weighted by atomic mass is 9.90. The Labute approximate surface area is 238 Å². The average Bonchev–Trinajstić information content (AvgIpc) is 2.99. The molecule has 1 aromatic heterocycles. The van der Waals surface area contributed by atoms with Crippen molar-refractivity contribution in [3.8, 4) is 11.8 Å². The van der Waals surface area contributed by atoms with Crippen molar-refractivity contribution >= 4 is 11.5 Å². The second-order valence-corrected chi connectivity index (χ2v) is 10.9. The molecule has 2 fully saturated rings. The Morgan fingerprint density at radius 1 is 0.927 bits per heavy atom. The maximum absolute atomic E-state index is 12.9. The fourth-order valence-corrected chi connectivity index (χ4v) is 5.54. The number of likely N-dealkylation sites (tertiary alicyclic amines) is 1. The van der Waals surface area contributed by atoms with E-state index in [4.69, 9.17) is 10.00 Å². The van der Waals surface area contributed by atoms with Crippen molar-refractivity contribution in [3.63, 3.8) is 0 Å². The van der Waals surface area contributed by atoms with Gasteiger partial charge in [0.05, 0.1) is 29.1 Å². The van der Waals surface area contributed by atoms with Crippen LogP contribution in [-0.4, -0.2) is 48.0 Å². The second kappa shape index (κ2) is 12.7. The summed E-state index contributed by atoms with van der Waals surface area (Å²) in [5.41, 5.74) is 2.62. The summed E-state index contributed by atoms with van der Waals surface area (Å²) in [5, 5.41) is 8.96. The molecule has 6 nitrogen and oxygen atoms in total. The SMILES string of the molecule is N#Cc1ccc(CN2CCC(CC(=O)c3ccc(N4CCC(Oc5ccc(C(F)(F)F)cc5)CC4)cn3)CC2)cc1. The van der Waals surface area contributed by atoms with Crippen LogP contribution in [0.25, 0.3) is 0 Å². The minimum atomic E-state index is -4.36. The lowest BCUT2D eigenvalue weighted by Crippen LogP contribution is -2.38. The lowest BCUT2D eigenvalue weighted by molar-refractivity contribution is -0.137. The Morgan fingerprint density at radius 2 is 1.61 bits per heavy atom. The number of aromatic nitrogens is 1. The van der Waals surface area contributed by atoms with E-state index in [0.29, 0.717) is 29.3 Å². The molecule has 2 saturated heterocycles. The van der Waals surface area contributed by atoms with Crippen molar-refractivity contribution in [2.24, 2.45) is 5.92 Å². The van der Waals surface area contributed by atoms with Gasteiger partial charge in [0.1, 0.15) is 17.5 Å². The van der Waals surface area contributed by atoms with Crippen LogP contribution in [0.2, 0.25) is 0 Å². The number of hydrogen-bond donors (Lipinski definition) is 0. The van der Waals surface area contributed by atoms with Crippen LogP contribution in [0, 0.1) is 17.2 Å². The number of ether oxygens (including phenoxy) is 1. The second-order valence-electron chi connectivity index (χ2n) is 10.9. The number of anilines is 1. The molecule has 214 valence electrons. The number of hydrogen-bond acceptors (Lipinski definition) is 6. The lowest BCUT2D eigenvalue weighted by Gasteiger charge is -2.33. The van der Waals surface area contributed by atoms with Crippen molar-refractivity contribution in [2.75, 3.05) is 31.1 Å². The van der Waals surface area contributed by atoms with Crippen LogP contribution in [0.1, 0.15) is 59.3 Å². The summed E-state index contributed by atoms with van der Waals surface area (Å²) >= 11 is 0. The predicted molar refractivity (Wildman–Crippen MR) is 150 cm³/mol. The molecule has 41 heavy (non-hydrogen) atoms. The molecule has 0 atom stereocenters. The number of benzene rings is 2. The zero-order valence-electron chi connectivity index (χ0n) is 22.8. The van der Waals surface area contributed by atoms with E-state index in [1.807, 2.05) is 36.4 Å². The van der Waals surface area contributed by atoms with E-state index in [9.17, 15) is 18.0 Å². The topological polar surface area (TPSA) is 69.5 Å². The summed E-state index contributed by atoms with van der Waals surface area (Å²) in [4.78, 5) is 22.0. The van der Waals surface area contributed by atoms with Crippen molar-refractivity contribution in [3.05, 3.63) is 89.2 Å². The summed E-state index contributed by atoms with van der Waals surface area (Å²) in [6.45, 7) is 4.22. The fraction of sp³-hybridized carbons (Fsp3) is 0.406. The number of carbonyl (C=O) groups is 1. The number of rotatable bonds is 8. The Kier molecular flexibility index (Phi) is 8.89. The van der Waals surface area contributed by atoms with Crippen molar-refractivity contribution < 1.29 is 22.7 Å². The van der Waals surface area contributed by atoms with E-state index < -0.39 is 11.7 Å². The normalized spacial score (nSPS) is 17.3. The van der Waals surface area contributed by atoms with Crippen LogP contribution >= 0.6 is 0 Å². The number of piperidine rings is 2. The molecular formula is C32H33F3N4O2. The van der Waals surface area contributed by atoms with Gasteiger partial charge in [-0.2, -0.15) is 18.4 Å². The van der Waals surface area contributed by atoms with Gasteiger partial charge < -0.3 is 9.64 Å². The zero-order chi connectivity index (χ0) is 28.8. The van der Waals surface area contributed by atoms with Gasteiger partial charge in [-0.05, 0) is 85.9 Å². The van der Waals surface area contributed by atoms with E-state index >= 15 is 0 Å². The minimum Gasteiger partial charge on any atom is -0.490 e. The van der Waals surface area contributed by atoms with E-state index in [1.165, 1.54) is 17.7 Å². The largest absolute Gasteiger partial charge is 0.490 e. The van der Waals surface area contributed by atoms with Gasteiger partial charge in [0.2, 0.25) is 0 Å². The highest BCUT2D eigenvalue weighted by Crippen LogP contribution is 2.31. The predicted octanol–water partition coefficient (Wildman–Crippen LogP) is 6.50. The monoisotopic (exact) mass is 562 g/mol. The molecule has 3 aromatic rings. The molecule has 0 bridgehead atoms. The van der Waals surface area contributed by atoms with E-state index in [0.717, 1.165) is 76.2 Å². The molecule has 3 heterocycles. The van der Waals surface area contributed by atoms with Gasteiger partial charge in [-0.25, -0.2) is 0 Å². The molecule has 0 aliphatic carbocycles. The first-order chi connectivity index (χ1) is 19.8. The number of nitriles is 1. The third-order valence-electron chi connectivity index (χ3n) is 8.00. The Hall–Kier alpha value is -3.90. The number of pyridine rings is 1. The van der Waals surface area contributed by atoms with Crippen LogP contribution in [0.15, 0.2) is 66.9 Å². The number of Topliss-reactive ketones (excluding diaryl/α,β-unsaturated/α-hetero) is 1. The number of carbonyl (C=O) groups excluding carboxylic acids is 1. The highest BCUT2D eigenvalue weighted by molar-refractivity contribution is 5.94. The molecule has 0 amide bonds. The fourth-order valence-electron chi connectivity index (χ4n) is 5.54. The average molecular weight is 563 g/mol. The summed E-state index contributed by atoms with van der Waals surface area (Å²) in [6, 6.07) is 18.4. The minimum absolute atomic E-state index is 0.0627. The van der Waals surface area contributed by atoms with Gasteiger partial charge in [0.25, 0.3) is 0 Å². The number of alkyl halides is 3. The third kappa shape index (κ3) is 7.65. The van der Waals surface area contributed by atoms with Crippen LogP contribution in [0.4, 0.5) is 18.9 Å². The summed E-state index contributed by atoms with van der Waals surface area (Å²) < 4.78 is 44.2. The molecule has 2 aromatic carbocycles. The summed E-state index contributed by atoms with van der Waals surface area (Å²) in [6.07, 6.45) is 1.27. The van der Waals surface area contributed by atoms with E-state index in [2.05, 4.69) is 20.9 Å². The number of nitrogens with zero attached hydrogens (tertiary/aromatic N) is 4. The zero-order valence-corrected chi connectivity index (χ0v) is 22.8. The van der Waals surface area contributed by atoms with E-state index in [1.54, 1.807) is 6.20 Å². The van der Waals surface area contributed by atoms with Crippen molar-refractivity contribution in [1.29, 1.82) is 5.26 Å². The molecule has 0 spiro atoms. The Morgan fingerprint density at radius 3 is 2.20 bits per heavy atom. The molecule has 2 aliphatic rings. The number of halogens is 3. The molecule has 0 radical (unpaired) electrons. The van der Waals surface area contributed by atoms with Crippen LogP contribution in [0.5, 0.6) is 5.75 Å². The first-order valence-corrected chi connectivity index (χ1v) is 14.1. The Balaban J connectivity index is 1.04. The van der Waals surface area contributed by atoms with Crippen molar-refractivity contribution in [2.45, 2.75) is 50.9 Å². The quantitative estimate of drug-likeness (QED) is 0.292. The van der Waals surface area contributed by atoms with Gasteiger partial charge in [0, 0.05) is 38.9 Å². The molecule has 2 aliphatic heterocycles. The van der Waals surface area contributed by atoms with E-state index in [-0.39, 0.29) is 11.9 Å². The molecule has 0 unspecified atom stereocenters. The first kappa shape index (κ1) is 28.6. The standard InChI is InChI=1S/C32H33F3N4O2/c33-32(34,35)26-5-8-28(9-6-26)41-29-13-17-39(18-14-29)27-7-10-30(37-21-27)31(40)19-23-11-15-38(16-12-23)22-25-3-1-24(20-36)2-4-25/h1-10,21,23,29H,11-19,22H2. The molecule has 5 rings (SSSR count). The van der Waals surface area contributed by atoms with Gasteiger partial charge in [-0.3, -0.25) is 14.7 Å². The molecule has 9 heteroatoms. The maximum atomic E-state index is 12.9. The van der Waals surface area contributed by atoms with Crippen LogP contribution < -0.4 is 9.64 Å². The third-order valence-corrected chi connectivity index (χ3v) is 8.00. The van der Waals surface area contributed by atoms with Gasteiger partial charge in [0.15, 0.2) is 5.78 Å². The Bertz CT molecular complexity index is 1340.